The van der Waals surface area contributed by atoms with E-state index in [0.29, 0.717) is 5.56 Å². The van der Waals surface area contributed by atoms with Crippen LogP contribution in [0.2, 0.25) is 0 Å². The number of nitrogens with one attached hydrogen (secondary N) is 1. The van der Waals surface area contributed by atoms with Gasteiger partial charge in [0.1, 0.15) is 5.82 Å². The maximum Gasteiger partial charge on any atom is 0.126 e. The van der Waals surface area contributed by atoms with Crippen LogP contribution in [0, 0.1) is 12.7 Å². The van der Waals surface area contributed by atoms with Crippen molar-refractivity contribution in [1.82, 2.24) is 5.32 Å². The van der Waals surface area contributed by atoms with Crippen molar-refractivity contribution < 1.29 is 4.39 Å². The van der Waals surface area contributed by atoms with Crippen LogP contribution in [0.3, 0.4) is 0 Å². The normalized spacial score (nSPS) is 12.9. The monoisotopic (exact) mass is 181 g/mol. The Balaban J connectivity index is 2.95. The van der Waals surface area contributed by atoms with Crippen molar-refractivity contribution in [2.24, 2.45) is 0 Å². The van der Waals surface area contributed by atoms with E-state index < -0.39 is 0 Å². The average Bonchev–Trinajstić information content (AvgIpc) is 2.13. The third-order valence-corrected chi connectivity index (χ3v) is 2.35. The second-order valence-electron chi connectivity index (χ2n) is 3.26. The standard InChI is InChI=1S/C11H16FN/c1-4-11(13-3)9-6-5-8(2)10(12)7-9/h5-7,11,13H,4H2,1-3H3/t11-/m0/s1. The summed E-state index contributed by atoms with van der Waals surface area (Å²) in [4.78, 5) is 0. The van der Waals surface area contributed by atoms with Crippen molar-refractivity contribution >= 4 is 0 Å². The molecule has 0 aliphatic rings. The number of halogens is 1. The zero-order valence-corrected chi connectivity index (χ0v) is 8.39. The molecule has 0 aromatic heterocycles. The van der Waals surface area contributed by atoms with Crippen LogP contribution < -0.4 is 5.32 Å². The Labute approximate surface area is 79.0 Å². The Morgan fingerprint density at radius 2 is 2.15 bits per heavy atom. The minimum absolute atomic E-state index is 0.119. The predicted molar refractivity (Wildman–Crippen MR) is 53.2 cm³/mol. The van der Waals surface area contributed by atoms with Crippen molar-refractivity contribution in [1.29, 1.82) is 0 Å². The van der Waals surface area contributed by atoms with E-state index in [1.807, 2.05) is 19.2 Å². The molecule has 13 heavy (non-hydrogen) atoms. The summed E-state index contributed by atoms with van der Waals surface area (Å²) in [6.45, 7) is 3.86. The number of rotatable bonds is 3. The summed E-state index contributed by atoms with van der Waals surface area (Å²) in [5.74, 6) is -0.119. The van der Waals surface area contributed by atoms with Gasteiger partial charge >= 0.3 is 0 Å². The largest absolute Gasteiger partial charge is 0.313 e. The lowest BCUT2D eigenvalue weighted by molar-refractivity contribution is 0.563. The second kappa shape index (κ2) is 4.38. The van der Waals surface area contributed by atoms with Crippen LogP contribution in [-0.2, 0) is 0 Å². The van der Waals surface area contributed by atoms with E-state index in [4.69, 9.17) is 0 Å². The molecule has 0 radical (unpaired) electrons. The molecule has 1 N–H and O–H groups in total. The Morgan fingerprint density at radius 3 is 2.62 bits per heavy atom. The Bertz CT molecular complexity index is 279. The molecule has 0 saturated carbocycles. The Hall–Kier alpha value is -0.890. The van der Waals surface area contributed by atoms with Crippen LogP contribution >= 0.6 is 0 Å². The van der Waals surface area contributed by atoms with Gasteiger partial charge in [-0.2, -0.15) is 0 Å². The maximum atomic E-state index is 13.2. The van der Waals surface area contributed by atoms with Crippen LogP contribution in [0.15, 0.2) is 18.2 Å². The minimum Gasteiger partial charge on any atom is -0.313 e. The van der Waals surface area contributed by atoms with Crippen molar-refractivity contribution in [3.63, 3.8) is 0 Å². The summed E-state index contributed by atoms with van der Waals surface area (Å²) in [6, 6.07) is 5.67. The molecule has 1 aromatic rings. The van der Waals surface area contributed by atoms with Gasteiger partial charge in [0.05, 0.1) is 0 Å². The third kappa shape index (κ3) is 2.28. The highest BCUT2D eigenvalue weighted by molar-refractivity contribution is 5.25. The molecule has 2 heteroatoms. The first-order chi connectivity index (χ1) is 6.19. The summed E-state index contributed by atoms with van der Waals surface area (Å²) < 4.78 is 13.2. The molecule has 1 nitrogen and oxygen atoms in total. The SMILES string of the molecule is CC[C@H](NC)c1ccc(C)c(F)c1. The van der Waals surface area contributed by atoms with Crippen LogP contribution in [0.4, 0.5) is 4.39 Å². The van der Waals surface area contributed by atoms with E-state index in [9.17, 15) is 4.39 Å². The smallest absolute Gasteiger partial charge is 0.126 e. The summed E-state index contributed by atoms with van der Waals surface area (Å²) in [5.41, 5.74) is 1.72. The van der Waals surface area contributed by atoms with Crippen LogP contribution in [0.5, 0.6) is 0 Å². The molecule has 0 bridgehead atoms. The summed E-state index contributed by atoms with van der Waals surface area (Å²) >= 11 is 0. The molecule has 0 saturated heterocycles. The fourth-order valence-electron chi connectivity index (χ4n) is 1.43. The van der Waals surface area contributed by atoms with Crippen molar-refractivity contribution in [2.45, 2.75) is 26.3 Å². The van der Waals surface area contributed by atoms with Crippen LogP contribution in [0.25, 0.3) is 0 Å². The molecule has 0 fully saturated rings. The number of hydrogen-bond acceptors (Lipinski definition) is 1. The molecule has 1 rings (SSSR count). The van der Waals surface area contributed by atoms with E-state index in [1.165, 1.54) is 0 Å². The molecular weight excluding hydrogens is 165 g/mol. The van der Waals surface area contributed by atoms with Gasteiger partial charge in [0, 0.05) is 6.04 Å². The predicted octanol–water partition coefficient (Wildman–Crippen LogP) is 2.80. The molecule has 0 aliphatic carbocycles. The number of aryl methyl sites for hydroxylation is 1. The molecule has 0 heterocycles. The van der Waals surface area contributed by atoms with Crippen molar-refractivity contribution in [2.75, 3.05) is 7.05 Å². The topological polar surface area (TPSA) is 12.0 Å². The van der Waals surface area contributed by atoms with Gasteiger partial charge in [-0.05, 0) is 37.6 Å². The molecule has 0 unspecified atom stereocenters. The highest BCUT2D eigenvalue weighted by Crippen LogP contribution is 2.18. The van der Waals surface area contributed by atoms with Gasteiger partial charge in [0.2, 0.25) is 0 Å². The van der Waals surface area contributed by atoms with Crippen LogP contribution in [-0.4, -0.2) is 7.05 Å². The summed E-state index contributed by atoms with van der Waals surface area (Å²) in [6.07, 6.45) is 0.971. The maximum absolute atomic E-state index is 13.2. The first-order valence-corrected chi connectivity index (χ1v) is 4.62. The first-order valence-electron chi connectivity index (χ1n) is 4.62. The van der Waals surface area contributed by atoms with E-state index in [2.05, 4.69) is 12.2 Å². The highest BCUT2D eigenvalue weighted by Gasteiger charge is 2.07. The molecule has 0 spiro atoms. The zero-order chi connectivity index (χ0) is 9.84. The molecule has 1 atom stereocenters. The quantitative estimate of drug-likeness (QED) is 0.756. The van der Waals surface area contributed by atoms with E-state index in [-0.39, 0.29) is 11.9 Å². The van der Waals surface area contributed by atoms with Gasteiger partial charge in [-0.25, -0.2) is 4.39 Å². The van der Waals surface area contributed by atoms with E-state index >= 15 is 0 Å². The fraction of sp³-hybridized carbons (Fsp3) is 0.455. The average molecular weight is 181 g/mol. The Kier molecular flexibility index (Phi) is 3.43. The fourth-order valence-corrected chi connectivity index (χ4v) is 1.43. The summed E-state index contributed by atoms with van der Waals surface area (Å²) in [5, 5.41) is 3.15. The van der Waals surface area contributed by atoms with Crippen molar-refractivity contribution in [3.8, 4) is 0 Å². The van der Waals surface area contributed by atoms with Gasteiger partial charge in [0.25, 0.3) is 0 Å². The number of benzene rings is 1. The van der Waals surface area contributed by atoms with E-state index in [1.54, 1.807) is 13.0 Å². The zero-order valence-electron chi connectivity index (χ0n) is 8.39. The minimum atomic E-state index is -0.119. The molecule has 1 aromatic carbocycles. The lowest BCUT2D eigenvalue weighted by atomic mass is 10.0. The van der Waals surface area contributed by atoms with Crippen molar-refractivity contribution in [3.05, 3.63) is 35.1 Å². The van der Waals surface area contributed by atoms with E-state index in [0.717, 1.165) is 12.0 Å². The van der Waals surface area contributed by atoms with Gasteiger partial charge in [0.15, 0.2) is 0 Å². The lowest BCUT2D eigenvalue weighted by Gasteiger charge is -2.14. The first kappa shape index (κ1) is 10.2. The molecule has 0 amide bonds. The highest BCUT2D eigenvalue weighted by atomic mass is 19.1. The van der Waals surface area contributed by atoms with Gasteiger partial charge in [-0.1, -0.05) is 19.1 Å². The summed E-state index contributed by atoms with van der Waals surface area (Å²) in [7, 11) is 1.89. The third-order valence-electron chi connectivity index (χ3n) is 2.35. The second-order valence-corrected chi connectivity index (χ2v) is 3.26. The lowest BCUT2D eigenvalue weighted by Crippen LogP contribution is -2.15. The van der Waals surface area contributed by atoms with Gasteiger partial charge < -0.3 is 5.32 Å². The Morgan fingerprint density at radius 1 is 1.46 bits per heavy atom. The van der Waals surface area contributed by atoms with Gasteiger partial charge in [-0.15, -0.1) is 0 Å². The molecule has 72 valence electrons. The molecule has 0 aliphatic heterocycles. The van der Waals surface area contributed by atoms with Crippen LogP contribution in [0.1, 0.15) is 30.5 Å². The number of hydrogen-bond donors (Lipinski definition) is 1. The molecular formula is C11H16FN. The van der Waals surface area contributed by atoms with Gasteiger partial charge in [-0.3, -0.25) is 0 Å².